The average Bonchev–Trinajstić information content (AvgIpc) is 3.04. The summed E-state index contributed by atoms with van der Waals surface area (Å²) in [5, 5.41) is 15.7. The van der Waals surface area contributed by atoms with Crippen LogP contribution in [0.15, 0.2) is 97.1 Å². The minimum Gasteiger partial charge on any atom is -0.504 e. The van der Waals surface area contributed by atoms with Gasteiger partial charge in [-0.3, -0.25) is 0 Å². The van der Waals surface area contributed by atoms with Gasteiger partial charge < -0.3 is 16.3 Å². The number of allylic oxidation sites excluding steroid dienone is 2. The zero-order chi connectivity index (χ0) is 32.9. The van der Waals surface area contributed by atoms with Gasteiger partial charge in [-0.25, -0.2) is 0 Å². The van der Waals surface area contributed by atoms with Crippen LogP contribution in [0.25, 0.3) is 0 Å². The van der Waals surface area contributed by atoms with Crippen molar-refractivity contribution in [2.45, 2.75) is 105 Å². The molecule has 0 aromatic heterocycles. The summed E-state index contributed by atoms with van der Waals surface area (Å²) < 4.78 is 6.33. The zero-order valence-corrected chi connectivity index (χ0v) is 32.3. The minimum atomic E-state index is -1.58. The minimum absolute atomic E-state index is 0. The summed E-state index contributed by atoms with van der Waals surface area (Å²) in [5.74, 6) is 1.32. The van der Waals surface area contributed by atoms with Crippen molar-refractivity contribution >= 4 is 23.8 Å². The Morgan fingerprint density at radius 3 is 1.81 bits per heavy atom. The summed E-state index contributed by atoms with van der Waals surface area (Å²) in [4.78, 5) is 0. The molecule has 5 rings (SSSR count). The van der Waals surface area contributed by atoms with Crippen molar-refractivity contribution in [1.82, 2.24) is 0 Å². The largest absolute Gasteiger partial charge is 0.504 e. The number of para-hydroxylation sites is 2. The van der Waals surface area contributed by atoms with Crippen LogP contribution in [0.3, 0.4) is 0 Å². The van der Waals surface area contributed by atoms with E-state index in [1.54, 1.807) is 0 Å². The van der Waals surface area contributed by atoms with Gasteiger partial charge in [0.15, 0.2) is 5.75 Å². The van der Waals surface area contributed by atoms with Crippen LogP contribution in [0.4, 0.5) is 0 Å². The van der Waals surface area contributed by atoms with E-state index in [-0.39, 0.29) is 29.3 Å². The van der Waals surface area contributed by atoms with Crippen LogP contribution in [0.2, 0.25) is 0 Å². The third-order valence-electron chi connectivity index (χ3n) is 8.85. The van der Waals surface area contributed by atoms with Gasteiger partial charge in [-0.1, -0.05) is 133 Å². The van der Waals surface area contributed by atoms with Gasteiger partial charge in [0, 0.05) is 35.0 Å². The van der Waals surface area contributed by atoms with Crippen LogP contribution in [0.1, 0.15) is 101 Å². The van der Waals surface area contributed by atoms with Gasteiger partial charge in [-0.15, -0.1) is 0 Å². The maximum atomic E-state index is 11.9. The SMILES string of the molecule is C1=C\CCC[CH-]CC/1.CCc1cccc(CC)c1[PH+](c1cccc(C(C)(C)C)c1O)c1c(CC)cccc1COc1ccccc1.[CH3+].[Ni]. The molecule has 0 heterocycles. The summed E-state index contributed by atoms with van der Waals surface area (Å²) in [6.45, 7) is 13.7. The second kappa shape index (κ2) is 20.5. The Hall–Kier alpha value is -2.99. The van der Waals surface area contributed by atoms with Crippen molar-refractivity contribution in [3.63, 3.8) is 0 Å². The molecule has 0 saturated carbocycles. The van der Waals surface area contributed by atoms with Crippen molar-refractivity contribution in [3.05, 3.63) is 139 Å². The molecule has 1 N–H and O–H groups in total. The van der Waals surface area contributed by atoms with Gasteiger partial charge >= 0.3 is 0 Å². The van der Waals surface area contributed by atoms with E-state index in [0.29, 0.717) is 12.4 Å². The van der Waals surface area contributed by atoms with Gasteiger partial charge in [-0.2, -0.15) is 12.8 Å². The molecule has 0 amide bonds. The van der Waals surface area contributed by atoms with E-state index < -0.39 is 7.92 Å². The molecule has 0 aliphatic heterocycles. The van der Waals surface area contributed by atoms with Gasteiger partial charge in [0.25, 0.3) is 0 Å². The number of phenols is 1. The summed E-state index contributed by atoms with van der Waals surface area (Å²) in [6.07, 6.45) is 16.3. The molecule has 1 unspecified atom stereocenters. The van der Waals surface area contributed by atoms with Crippen molar-refractivity contribution in [2.75, 3.05) is 0 Å². The molecule has 0 fully saturated rings. The third-order valence-corrected chi connectivity index (χ3v) is 12.1. The van der Waals surface area contributed by atoms with Crippen molar-refractivity contribution in [1.29, 1.82) is 0 Å². The Morgan fingerprint density at radius 2 is 1.23 bits per heavy atom. The van der Waals surface area contributed by atoms with Crippen molar-refractivity contribution < 1.29 is 26.3 Å². The fraction of sp³-hybridized carbons (Fsp3) is 0.364. The van der Waals surface area contributed by atoms with Crippen LogP contribution in [-0.4, -0.2) is 5.11 Å². The normalized spacial score (nSPS) is 14.1. The molecule has 0 saturated heterocycles. The Labute approximate surface area is 304 Å². The predicted molar refractivity (Wildman–Crippen MR) is 209 cm³/mol. The van der Waals surface area contributed by atoms with Gasteiger partial charge in [0.2, 0.25) is 0 Å². The van der Waals surface area contributed by atoms with Crippen molar-refractivity contribution in [3.8, 4) is 11.5 Å². The molecule has 260 valence electrons. The fourth-order valence-corrected chi connectivity index (χ4v) is 9.99. The molecule has 4 aromatic rings. The molecule has 1 atom stereocenters. The second-order valence-electron chi connectivity index (χ2n) is 13.2. The topological polar surface area (TPSA) is 29.5 Å². The summed E-state index contributed by atoms with van der Waals surface area (Å²) in [5.41, 5.74) is 6.13. The van der Waals surface area contributed by atoms with E-state index in [1.807, 2.05) is 30.3 Å². The smallest absolute Gasteiger partial charge is 0.162 e. The van der Waals surface area contributed by atoms with Gasteiger partial charge in [0.1, 0.15) is 36.2 Å². The Bertz CT molecular complexity index is 1520. The first kappa shape index (κ1) is 41.2. The molecule has 4 heteroatoms. The number of aryl methyl sites for hydroxylation is 3. The maximum absolute atomic E-state index is 11.9. The fourth-order valence-electron chi connectivity index (χ4n) is 6.35. The van der Waals surface area contributed by atoms with E-state index in [4.69, 9.17) is 4.74 Å². The monoisotopic (exact) mass is 707 g/mol. The molecular weight excluding hydrogens is 650 g/mol. The van der Waals surface area contributed by atoms with Crippen LogP contribution in [-0.2, 0) is 47.8 Å². The van der Waals surface area contributed by atoms with E-state index in [0.717, 1.165) is 35.9 Å². The number of ether oxygens (including phenoxy) is 1. The molecule has 48 heavy (non-hydrogen) atoms. The summed E-state index contributed by atoms with van der Waals surface area (Å²) in [6, 6.07) is 29.8. The summed E-state index contributed by atoms with van der Waals surface area (Å²) >= 11 is 0. The predicted octanol–water partition coefficient (Wildman–Crippen LogP) is 10.6. The number of phenolic OH excluding ortho intramolecular Hbond substituents is 1. The Balaban J connectivity index is 0.000000702. The number of rotatable bonds is 9. The van der Waals surface area contributed by atoms with E-state index in [2.05, 4.69) is 115 Å². The van der Waals surface area contributed by atoms with E-state index in [9.17, 15) is 5.11 Å². The number of aromatic hydroxyl groups is 1. The number of hydrogen-bond donors (Lipinski definition) is 1. The second-order valence-corrected chi connectivity index (χ2v) is 15.4. The van der Waals surface area contributed by atoms with Crippen LogP contribution < -0.4 is 20.7 Å². The van der Waals surface area contributed by atoms with Crippen LogP contribution in [0, 0.1) is 13.8 Å². The van der Waals surface area contributed by atoms with Crippen molar-refractivity contribution in [2.24, 2.45) is 0 Å². The molecule has 4 aromatic carbocycles. The number of benzene rings is 4. The van der Waals surface area contributed by atoms with Crippen LogP contribution >= 0.6 is 7.92 Å². The Morgan fingerprint density at radius 1 is 0.688 bits per heavy atom. The Kier molecular flexibility index (Phi) is 17.6. The summed E-state index contributed by atoms with van der Waals surface area (Å²) in [7, 11) is -1.58. The molecule has 0 radical (unpaired) electrons. The maximum Gasteiger partial charge on any atom is 0.162 e. The zero-order valence-electron chi connectivity index (χ0n) is 30.4. The molecule has 1 aliphatic carbocycles. The molecular formula is C44H58NiO2P+. The van der Waals surface area contributed by atoms with Gasteiger partial charge in [0.05, 0.1) is 0 Å². The molecule has 0 spiro atoms. The van der Waals surface area contributed by atoms with E-state index >= 15 is 0 Å². The quantitative estimate of drug-likeness (QED) is 0.0812. The molecule has 0 bridgehead atoms. The first-order chi connectivity index (χ1) is 22.3. The standard InChI is InChI=1S/C35H41O2P.C8H13.CH3.Ni/c1-7-25-16-13-17-26(8-2)33(25)38(31-23-15-22-30(32(31)36)35(4,5)6)34-27(9-3)18-14-19-28(34)24-37-29-20-11-10-12-21-29;1-2-4-6-8-7-5-3-1;;/h10-23,36H,7-9,24H2,1-6H3;1-2,7H,3-6,8H2;1H3;/q;-1;+1;/p+1/b;2-1-;;. The first-order valence-corrected chi connectivity index (χ1v) is 18.9. The van der Waals surface area contributed by atoms with E-state index in [1.165, 1.54) is 65.0 Å². The average molecular weight is 709 g/mol. The number of hydrogen-bond acceptors (Lipinski definition) is 2. The van der Waals surface area contributed by atoms with Gasteiger partial charge in [-0.05, 0) is 66.0 Å². The third kappa shape index (κ3) is 10.8. The molecule has 2 nitrogen and oxygen atoms in total. The first-order valence-electron chi connectivity index (χ1n) is 17.4. The molecule has 1 aliphatic rings. The van der Waals surface area contributed by atoms with Crippen LogP contribution in [0.5, 0.6) is 11.5 Å².